The monoisotopic (exact) mass is 244 g/mol. The predicted molar refractivity (Wildman–Crippen MR) is 64.3 cm³/mol. The fourth-order valence-electron chi connectivity index (χ4n) is 1.49. The molecule has 0 aliphatic heterocycles. The van der Waals surface area contributed by atoms with Crippen LogP contribution in [0.2, 0.25) is 0 Å². The molecule has 4 heteroatoms. The zero-order valence-electron chi connectivity index (χ0n) is 9.88. The highest BCUT2D eigenvalue weighted by molar-refractivity contribution is 5.94. The van der Waals surface area contributed by atoms with Crippen molar-refractivity contribution in [2.75, 3.05) is 0 Å². The summed E-state index contributed by atoms with van der Waals surface area (Å²) in [6.45, 7) is 1.63. The molecule has 1 heterocycles. The lowest BCUT2D eigenvalue weighted by Crippen LogP contribution is -2.04. The second-order valence-electron chi connectivity index (χ2n) is 3.84. The molecule has 18 heavy (non-hydrogen) atoms. The van der Waals surface area contributed by atoms with Crippen LogP contribution in [0.25, 0.3) is 0 Å². The van der Waals surface area contributed by atoms with Gasteiger partial charge in [0.15, 0.2) is 5.78 Å². The number of benzene rings is 1. The standard InChI is InChI=1S/C14H12O4/c1-10(15)12-4-2-3-11(7-12)8-18-14(16)13-5-6-17-9-13/h2-7,9H,8H2,1H3. The van der Waals surface area contributed by atoms with Gasteiger partial charge < -0.3 is 9.15 Å². The molecule has 0 saturated heterocycles. The summed E-state index contributed by atoms with van der Waals surface area (Å²) in [5, 5.41) is 0. The van der Waals surface area contributed by atoms with E-state index in [0.717, 1.165) is 5.56 Å². The van der Waals surface area contributed by atoms with Crippen molar-refractivity contribution in [3.8, 4) is 0 Å². The Morgan fingerprint density at radius 3 is 2.72 bits per heavy atom. The van der Waals surface area contributed by atoms with Crippen molar-refractivity contribution >= 4 is 11.8 Å². The van der Waals surface area contributed by atoms with E-state index in [0.29, 0.717) is 11.1 Å². The van der Waals surface area contributed by atoms with Crippen LogP contribution in [-0.2, 0) is 11.3 Å². The van der Waals surface area contributed by atoms with E-state index < -0.39 is 5.97 Å². The minimum Gasteiger partial charge on any atom is -0.472 e. The quantitative estimate of drug-likeness (QED) is 0.613. The third kappa shape index (κ3) is 2.85. The molecular weight excluding hydrogens is 232 g/mol. The summed E-state index contributed by atoms with van der Waals surface area (Å²) in [6.07, 6.45) is 2.74. The van der Waals surface area contributed by atoms with E-state index >= 15 is 0 Å². The Labute approximate surface area is 104 Å². The van der Waals surface area contributed by atoms with Crippen molar-refractivity contribution < 1.29 is 18.7 Å². The van der Waals surface area contributed by atoms with Crippen LogP contribution in [0, 0.1) is 0 Å². The molecule has 1 aromatic carbocycles. The third-order valence-electron chi connectivity index (χ3n) is 2.46. The van der Waals surface area contributed by atoms with Crippen molar-refractivity contribution in [1.82, 2.24) is 0 Å². The Kier molecular flexibility index (Phi) is 3.57. The van der Waals surface area contributed by atoms with E-state index in [-0.39, 0.29) is 12.4 Å². The second-order valence-corrected chi connectivity index (χ2v) is 3.84. The first-order chi connectivity index (χ1) is 8.66. The van der Waals surface area contributed by atoms with E-state index in [2.05, 4.69) is 0 Å². The van der Waals surface area contributed by atoms with Gasteiger partial charge in [-0.2, -0.15) is 0 Å². The SMILES string of the molecule is CC(=O)c1cccc(COC(=O)c2ccoc2)c1. The lowest BCUT2D eigenvalue weighted by atomic mass is 10.1. The molecule has 0 amide bonds. The number of carbonyl (C=O) groups is 2. The van der Waals surface area contributed by atoms with E-state index in [1.807, 2.05) is 0 Å². The van der Waals surface area contributed by atoms with Crippen molar-refractivity contribution in [2.24, 2.45) is 0 Å². The number of hydrogen-bond acceptors (Lipinski definition) is 4. The number of esters is 1. The molecule has 2 aromatic rings. The fraction of sp³-hybridized carbons (Fsp3) is 0.143. The van der Waals surface area contributed by atoms with Gasteiger partial charge in [0.2, 0.25) is 0 Å². The van der Waals surface area contributed by atoms with Crippen LogP contribution >= 0.6 is 0 Å². The Balaban J connectivity index is 2.00. The van der Waals surface area contributed by atoms with Crippen LogP contribution in [0.3, 0.4) is 0 Å². The van der Waals surface area contributed by atoms with Gasteiger partial charge in [-0.1, -0.05) is 18.2 Å². The van der Waals surface area contributed by atoms with E-state index in [1.54, 1.807) is 24.3 Å². The van der Waals surface area contributed by atoms with Crippen molar-refractivity contribution in [2.45, 2.75) is 13.5 Å². The molecule has 0 aliphatic carbocycles. The minimum atomic E-state index is -0.447. The van der Waals surface area contributed by atoms with Gasteiger partial charge in [0.1, 0.15) is 12.9 Å². The van der Waals surface area contributed by atoms with Crippen LogP contribution in [0.4, 0.5) is 0 Å². The fourth-order valence-corrected chi connectivity index (χ4v) is 1.49. The molecule has 0 N–H and O–H groups in total. The molecule has 0 atom stereocenters. The van der Waals surface area contributed by atoms with E-state index in [4.69, 9.17) is 9.15 Å². The number of hydrogen-bond donors (Lipinski definition) is 0. The lowest BCUT2D eigenvalue weighted by molar-refractivity contribution is 0.0472. The maximum absolute atomic E-state index is 11.5. The normalized spacial score (nSPS) is 10.1. The molecular formula is C14H12O4. The van der Waals surface area contributed by atoms with Crippen LogP contribution < -0.4 is 0 Å². The summed E-state index contributed by atoms with van der Waals surface area (Å²) in [7, 11) is 0. The number of ether oxygens (including phenoxy) is 1. The first-order valence-electron chi connectivity index (χ1n) is 5.46. The van der Waals surface area contributed by atoms with Gasteiger partial charge >= 0.3 is 5.97 Å². The Morgan fingerprint density at radius 1 is 1.22 bits per heavy atom. The lowest BCUT2D eigenvalue weighted by Gasteiger charge is -2.04. The molecule has 0 aliphatic rings. The van der Waals surface area contributed by atoms with Crippen LogP contribution in [0.15, 0.2) is 47.3 Å². The summed E-state index contributed by atoms with van der Waals surface area (Å²) in [4.78, 5) is 22.8. The van der Waals surface area contributed by atoms with Gasteiger partial charge in [-0.25, -0.2) is 4.79 Å². The predicted octanol–water partition coefficient (Wildman–Crippen LogP) is 2.84. The summed E-state index contributed by atoms with van der Waals surface area (Å²) in [5.74, 6) is -0.463. The molecule has 0 unspecified atom stereocenters. The van der Waals surface area contributed by atoms with Gasteiger partial charge in [0, 0.05) is 5.56 Å². The molecule has 0 spiro atoms. The van der Waals surface area contributed by atoms with Crippen LogP contribution in [0.5, 0.6) is 0 Å². The van der Waals surface area contributed by atoms with Crippen molar-refractivity contribution in [1.29, 1.82) is 0 Å². The highest BCUT2D eigenvalue weighted by atomic mass is 16.5. The van der Waals surface area contributed by atoms with Crippen molar-refractivity contribution in [3.05, 3.63) is 59.5 Å². The van der Waals surface area contributed by atoms with Crippen LogP contribution in [0.1, 0.15) is 33.2 Å². The Bertz CT molecular complexity index is 555. The molecule has 0 bridgehead atoms. The molecule has 0 fully saturated rings. The van der Waals surface area contributed by atoms with Crippen LogP contribution in [-0.4, -0.2) is 11.8 Å². The van der Waals surface area contributed by atoms with Gasteiger partial charge in [0.25, 0.3) is 0 Å². The highest BCUT2D eigenvalue weighted by Gasteiger charge is 2.08. The van der Waals surface area contributed by atoms with Gasteiger partial charge in [0.05, 0.1) is 11.8 Å². The number of rotatable bonds is 4. The first-order valence-corrected chi connectivity index (χ1v) is 5.46. The van der Waals surface area contributed by atoms with Gasteiger partial charge in [-0.3, -0.25) is 4.79 Å². The van der Waals surface area contributed by atoms with Gasteiger partial charge in [-0.15, -0.1) is 0 Å². The second kappa shape index (κ2) is 5.31. The van der Waals surface area contributed by atoms with Gasteiger partial charge in [-0.05, 0) is 24.6 Å². The molecule has 4 nitrogen and oxygen atoms in total. The number of ketones is 1. The highest BCUT2D eigenvalue weighted by Crippen LogP contribution is 2.09. The van der Waals surface area contributed by atoms with E-state index in [1.165, 1.54) is 25.5 Å². The maximum atomic E-state index is 11.5. The zero-order chi connectivity index (χ0) is 13.0. The minimum absolute atomic E-state index is 0.0157. The molecule has 92 valence electrons. The maximum Gasteiger partial charge on any atom is 0.341 e. The number of carbonyl (C=O) groups excluding carboxylic acids is 2. The Hall–Kier alpha value is -2.36. The topological polar surface area (TPSA) is 56.5 Å². The smallest absolute Gasteiger partial charge is 0.341 e. The van der Waals surface area contributed by atoms with Crippen molar-refractivity contribution in [3.63, 3.8) is 0 Å². The van der Waals surface area contributed by atoms with E-state index in [9.17, 15) is 9.59 Å². The first kappa shape index (κ1) is 12.1. The molecule has 2 rings (SSSR count). The zero-order valence-corrected chi connectivity index (χ0v) is 9.88. The summed E-state index contributed by atoms with van der Waals surface area (Å²) < 4.78 is 9.89. The average molecular weight is 244 g/mol. The summed E-state index contributed by atoms with van der Waals surface area (Å²) in [6, 6.07) is 8.54. The third-order valence-corrected chi connectivity index (χ3v) is 2.46. The largest absolute Gasteiger partial charge is 0.472 e. The average Bonchev–Trinajstić information content (AvgIpc) is 2.90. The number of furan rings is 1. The number of Topliss-reactive ketones (excluding diaryl/α,β-unsaturated/α-hetero) is 1. The molecule has 1 aromatic heterocycles. The molecule has 0 radical (unpaired) electrons. The Morgan fingerprint density at radius 2 is 2.06 bits per heavy atom. The molecule has 0 saturated carbocycles. The summed E-state index contributed by atoms with van der Waals surface area (Å²) in [5.41, 5.74) is 1.75. The summed E-state index contributed by atoms with van der Waals surface area (Å²) >= 11 is 0.